The fourth-order valence-corrected chi connectivity index (χ4v) is 5.67. The minimum atomic E-state index is -0.517. The second-order valence-electron chi connectivity index (χ2n) is 9.71. The molecule has 1 heterocycles. The number of benzene rings is 3. The molecule has 0 saturated heterocycles. The molecule has 0 saturated carbocycles. The second-order valence-corrected chi connectivity index (χ2v) is 9.71. The van der Waals surface area contributed by atoms with Crippen LogP contribution < -0.4 is 19.5 Å². The van der Waals surface area contributed by atoms with Gasteiger partial charge in [-0.1, -0.05) is 19.1 Å². The van der Waals surface area contributed by atoms with Crippen molar-refractivity contribution < 1.29 is 39.1 Å². The molecule has 0 aromatic heterocycles. The topological polar surface area (TPSA) is 127 Å². The first-order valence-corrected chi connectivity index (χ1v) is 13.0. The van der Waals surface area contributed by atoms with E-state index in [4.69, 9.17) is 18.9 Å². The lowest BCUT2D eigenvalue weighted by molar-refractivity contribution is -0.141. The van der Waals surface area contributed by atoms with Crippen LogP contribution in [0.5, 0.6) is 28.7 Å². The summed E-state index contributed by atoms with van der Waals surface area (Å²) in [6, 6.07) is 10.7. The molecule has 206 valence electrons. The summed E-state index contributed by atoms with van der Waals surface area (Å²) in [5.74, 6) is 0.899. The largest absolute Gasteiger partial charge is 0.508 e. The predicted molar refractivity (Wildman–Crippen MR) is 143 cm³/mol. The van der Waals surface area contributed by atoms with Crippen molar-refractivity contribution in [1.29, 1.82) is 0 Å². The van der Waals surface area contributed by atoms with Crippen molar-refractivity contribution in [3.05, 3.63) is 64.2 Å². The summed E-state index contributed by atoms with van der Waals surface area (Å²) in [5, 5.41) is 33.5. The molecule has 0 bridgehead atoms. The summed E-state index contributed by atoms with van der Waals surface area (Å²) in [4.78, 5) is 11.8. The van der Waals surface area contributed by atoms with E-state index >= 15 is 0 Å². The highest BCUT2D eigenvalue weighted by Gasteiger charge is 2.41. The number of aromatic hydroxyl groups is 2. The van der Waals surface area contributed by atoms with Crippen LogP contribution in [0.1, 0.15) is 53.7 Å². The number of fused-ring (bicyclic) bond motifs is 5. The molecular formula is C30H33NO8. The summed E-state index contributed by atoms with van der Waals surface area (Å²) >= 11 is 0. The molecule has 2 aliphatic rings. The van der Waals surface area contributed by atoms with Crippen LogP contribution in [0.2, 0.25) is 0 Å². The number of nitrogens with one attached hydrogen (secondary N) is 1. The molecule has 2 unspecified atom stereocenters. The summed E-state index contributed by atoms with van der Waals surface area (Å²) in [5.41, 5.74) is 6.24. The number of esters is 1. The van der Waals surface area contributed by atoms with E-state index in [0.29, 0.717) is 30.9 Å². The van der Waals surface area contributed by atoms with Gasteiger partial charge >= 0.3 is 5.97 Å². The fraction of sp³-hybridized carbons (Fsp3) is 0.367. The molecule has 0 radical (unpaired) electrons. The van der Waals surface area contributed by atoms with E-state index in [1.54, 1.807) is 18.2 Å². The minimum Gasteiger partial charge on any atom is -0.508 e. The molecule has 4 N–H and O–H groups in total. The van der Waals surface area contributed by atoms with Crippen molar-refractivity contribution in [2.45, 2.75) is 45.3 Å². The Morgan fingerprint density at radius 3 is 2.64 bits per heavy atom. The number of aliphatic hydroxyl groups is 1. The van der Waals surface area contributed by atoms with Crippen molar-refractivity contribution in [1.82, 2.24) is 5.32 Å². The normalized spacial score (nSPS) is 17.0. The second kappa shape index (κ2) is 11.0. The predicted octanol–water partition coefficient (Wildman–Crippen LogP) is 4.09. The van der Waals surface area contributed by atoms with Gasteiger partial charge in [0.05, 0.1) is 13.0 Å². The van der Waals surface area contributed by atoms with Gasteiger partial charge in [0.25, 0.3) is 0 Å². The maximum absolute atomic E-state index is 11.8. The highest BCUT2D eigenvalue weighted by Crippen LogP contribution is 2.54. The average Bonchev–Trinajstić information content (AvgIpc) is 3.29. The van der Waals surface area contributed by atoms with Crippen molar-refractivity contribution in [3.8, 4) is 39.9 Å². The molecule has 5 rings (SSSR count). The zero-order valence-corrected chi connectivity index (χ0v) is 22.2. The highest BCUT2D eigenvalue weighted by atomic mass is 16.6. The van der Waals surface area contributed by atoms with Crippen molar-refractivity contribution in [2.75, 3.05) is 27.1 Å². The number of aryl methyl sites for hydroxylation is 1. The number of phenolic OH excluding ortho intramolecular Hbond substituents is 2. The maximum Gasteiger partial charge on any atom is 0.302 e. The quantitative estimate of drug-likeness (QED) is 0.237. The Morgan fingerprint density at radius 1 is 1.10 bits per heavy atom. The Balaban J connectivity index is 1.64. The van der Waals surface area contributed by atoms with E-state index in [1.807, 2.05) is 19.1 Å². The molecule has 0 fully saturated rings. The molecule has 3 aromatic carbocycles. The summed E-state index contributed by atoms with van der Waals surface area (Å²) in [7, 11) is 1.50. The number of rotatable bonds is 9. The zero-order chi connectivity index (χ0) is 27.7. The number of methoxy groups -OCH3 is 1. The lowest BCUT2D eigenvalue weighted by Crippen LogP contribution is -2.20. The SMILES string of the molecule is CCNCc1cc(O)c(OC)cc1C1Oc2c(ccc3c2CCc2cc(O)cc(OCO)c2-3)C1COC(C)=O. The number of carbonyl (C=O) groups is 1. The molecular weight excluding hydrogens is 502 g/mol. The number of hydrogen-bond acceptors (Lipinski definition) is 9. The van der Waals surface area contributed by atoms with Gasteiger partial charge < -0.3 is 39.6 Å². The van der Waals surface area contributed by atoms with Gasteiger partial charge in [-0.05, 0) is 54.3 Å². The average molecular weight is 536 g/mol. The van der Waals surface area contributed by atoms with E-state index in [9.17, 15) is 20.1 Å². The molecule has 1 aliphatic carbocycles. The van der Waals surface area contributed by atoms with Crippen LogP contribution >= 0.6 is 0 Å². The van der Waals surface area contributed by atoms with Crippen molar-refractivity contribution >= 4 is 5.97 Å². The van der Waals surface area contributed by atoms with Gasteiger partial charge in [-0.2, -0.15) is 0 Å². The standard InChI is InChI=1S/C30H33NO8/c1-4-31-13-18-10-25(35)26(36-3)12-23(18)30-24(14-37-16(2)33)22-8-7-20-21(29(22)39-30)6-5-17-9-19(34)11-27(28(17)20)38-15-32/h7-12,24,30-32,34-35H,4-6,13-15H2,1-3H3. The fourth-order valence-electron chi connectivity index (χ4n) is 5.67. The van der Waals surface area contributed by atoms with E-state index in [-0.39, 0.29) is 30.0 Å². The number of aliphatic hydroxyl groups excluding tert-OH is 1. The van der Waals surface area contributed by atoms with Crippen LogP contribution in [0, 0.1) is 0 Å². The van der Waals surface area contributed by atoms with Crippen LogP contribution in [0.4, 0.5) is 0 Å². The molecule has 0 amide bonds. The zero-order valence-electron chi connectivity index (χ0n) is 22.2. The number of phenols is 2. The van der Waals surface area contributed by atoms with E-state index in [0.717, 1.165) is 51.2 Å². The van der Waals surface area contributed by atoms with Crippen molar-refractivity contribution in [3.63, 3.8) is 0 Å². The number of ether oxygens (including phenoxy) is 4. The maximum atomic E-state index is 11.8. The van der Waals surface area contributed by atoms with Gasteiger partial charge in [0, 0.05) is 41.8 Å². The Labute approximate surface area is 226 Å². The van der Waals surface area contributed by atoms with Crippen molar-refractivity contribution in [2.24, 2.45) is 0 Å². The van der Waals surface area contributed by atoms with Gasteiger partial charge in [0.2, 0.25) is 0 Å². The van der Waals surface area contributed by atoms with Crippen LogP contribution in [-0.4, -0.2) is 48.3 Å². The third-order valence-corrected chi connectivity index (χ3v) is 7.38. The van der Waals surface area contributed by atoms with Crippen LogP contribution in [0.25, 0.3) is 11.1 Å². The van der Waals surface area contributed by atoms with Gasteiger partial charge in [-0.3, -0.25) is 4.79 Å². The Bertz CT molecular complexity index is 1400. The first-order chi connectivity index (χ1) is 18.9. The van der Waals surface area contributed by atoms with Gasteiger partial charge in [-0.25, -0.2) is 0 Å². The molecule has 9 nitrogen and oxygen atoms in total. The number of hydrogen-bond donors (Lipinski definition) is 4. The molecule has 39 heavy (non-hydrogen) atoms. The van der Waals surface area contributed by atoms with E-state index < -0.39 is 12.9 Å². The lowest BCUT2D eigenvalue weighted by atomic mass is 9.81. The van der Waals surface area contributed by atoms with Gasteiger partial charge in [-0.15, -0.1) is 0 Å². The van der Waals surface area contributed by atoms with E-state index in [1.165, 1.54) is 20.1 Å². The summed E-state index contributed by atoms with van der Waals surface area (Å²) in [6.07, 6.45) is 0.823. The molecule has 9 heteroatoms. The summed E-state index contributed by atoms with van der Waals surface area (Å²) < 4.78 is 23.2. The first-order valence-electron chi connectivity index (χ1n) is 13.0. The molecule has 3 aromatic rings. The first kappa shape index (κ1) is 26.6. The minimum absolute atomic E-state index is 0.0369. The van der Waals surface area contributed by atoms with Gasteiger partial charge in [0.15, 0.2) is 18.3 Å². The van der Waals surface area contributed by atoms with E-state index in [2.05, 4.69) is 5.32 Å². The van der Waals surface area contributed by atoms with Crippen LogP contribution in [-0.2, 0) is 28.9 Å². The lowest BCUT2D eigenvalue weighted by Gasteiger charge is -2.25. The monoisotopic (exact) mass is 535 g/mol. The van der Waals surface area contributed by atoms with Crippen LogP contribution in [0.3, 0.4) is 0 Å². The summed E-state index contributed by atoms with van der Waals surface area (Å²) in [6.45, 7) is 4.25. The molecule has 2 atom stereocenters. The molecule has 0 spiro atoms. The highest BCUT2D eigenvalue weighted by molar-refractivity contribution is 5.82. The third-order valence-electron chi connectivity index (χ3n) is 7.38. The Kier molecular flexibility index (Phi) is 7.54. The third kappa shape index (κ3) is 4.95. The number of carbonyl (C=O) groups excluding carboxylic acids is 1. The Morgan fingerprint density at radius 2 is 1.92 bits per heavy atom. The van der Waals surface area contributed by atoms with Crippen LogP contribution in [0.15, 0.2) is 36.4 Å². The Hall–Kier alpha value is -3.95. The molecule has 1 aliphatic heterocycles. The smallest absolute Gasteiger partial charge is 0.302 e. The van der Waals surface area contributed by atoms with Gasteiger partial charge in [0.1, 0.15) is 30.0 Å².